The monoisotopic (exact) mass is 224 g/mol. The SMILES string of the molecule is FC(=CC(Cl)=C(F)C(F)F)C(F)F. The maximum Gasteiger partial charge on any atom is 0.290 e. The summed E-state index contributed by atoms with van der Waals surface area (Å²) in [5.41, 5.74) is 0. The van der Waals surface area contributed by atoms with Gasteiger partial charge in [0.05, 0.1) is 5.03 Å². The molecule has 0 nitrogen and oxygen atoms in total. The summed E-state index contributed by atoms with van der Waals surface area (Å²) in [6.45, 7) is 0. The Kier molecular flexibility index (Phi) is 4.90. The molecule has 0 radical (unpaired) electrons. The highest BCUT2D eigenvalue weighted by atomic mass is 35.5. The Hall–Kier alpha value is -0.650. The number of halogens is 7. The van der Waals surface area contributed by atoms with Gasteiger partial charge in [-0.25, -0.2) is 26.3 Å². The van der Waals surface area contributed by atoms with Gasteiger partial charge < -0.3 is 0 Å². The summed E-state index contributed by atoms with van der Waals surface area (Å²) in [4.78, 5) is 0. The van der Waals surface area contributed by atoms with E-state index in [4.69, 9.17) is 11.6 Å². The first-order valence-electron chi connectivity index (χ1n) is 2.84. The molecular weight excluding hydrogens is 222 g/mol. The standard InChI is InChI=1S/C6H3ClF6/c7-2(4(9)6(12)13)1-3(8)5(10)11/h1,5-6H. The molecule has 0 atom stereocenters. The third-order valence-electron chi connectivity index (χ3n) is 0.893. The van der Waals surface area contributed by atoms with E-state index in [-0.39, 0.29) is 6.08 Å². The average Bonchev–Trinajstić information content (AvgIpc) is 2.02. The maximum atomic E-state index is 12.1. The fourth-order valence-electron chi connectivity index (χ4n) is 0.357. The predicted molar refractivity (Wildman–Crippen MR) is 35.2 cm³/mol. The molecule has 0 rings (SSSR count). The van der Waals surface area contributed by atoms with Crippen molar-refractivity contribution >= 4 is 11.6 Å². The Morgan fingerprint density at radius 3 is 1.77 bits per heavy atom. The molecule has 0 aliphatic rings. The highest BCUT2D eigenvalue weighted by molar-refractivity contribution is 6.31. The largest absolute Gasteiger partial charge is 0.290 e. The van der Waals surface area contributed by atoms with Crippen LogP contribution in [0.3, 0.4) is 0 Å². The fraction of sp³-hybridized carbons (Fsp3) is 0.333. The van der Waals surface area contributed by atoms with Crippen molar-refractivity contribution in [3.05, 3.63) is 22.8 Å². The molecule has 0 aliphatic carbocycles. The predicted octanol–water partition coefficient (Wildman–Crippen LogP) is 3.79. The van der Waals surface area contributed by atoms with Gasteiger partial charge >= 0.3 is 0 Å². The molecule has 0 amide bonds. The number of hydrogen-bond acceptors (Lipinski definition) is 0. The number of allylic oxidation sites excluding steroid dienone is 4. The zero-order valence-corrected chi connectivity index (χ0v) is 6.63. The molecule has 0 unspecified atom stereocenters. The summed E-state index contributed by atoms with van der Waals surface area (Å²) in [6, 6.07) is 0. The van der Waals surface area contributed by atoms with E-state index < -0.39 is 29.5 Å². The van der Waals surface area contributed by atoms with Crippen LogP contribution >= 0.6 is 11.6 Å². The third-order valence-corrected chi connectivity index (χ3v) is 1.18. The molecule has 7 heteroatoms. The third kappa shape index (κ3) is 4.21. The summed E-state index contributed by atoms with van der Waals surface area (Å²) >= 11 is 4.74. The van der Waals surface area contributed by atoms with E-state index in [9.17, 15) is 26.3 Å². The zero-order valence-electron chi connectivity index (χ0n) is 5.88. The molecule has 0 aliphatic heterocycles. The molecule has 0 N–H and O–H groups in total. The lowest BCUT2D eigenvalue weighted by Gasteiger charge is -1.97. The number of alkyl halides is 4. The lowest BCUT2D eigenvalue weighted by molar-refractivity contribution is 0.155. The van der Waals surface area contributed by atoms with Crippen molar-refractivity contribution in [1.29, 1.82) is 0 Å². The quantitative estimate of drug-likeness (QED) is 0.505. The van der Waals surface area contributed by atoms with E-state index in [0.29, 0.717) is 0 Å². The van der Waals surface area contributed by atoms with Crippen LogP contribution in [0.2, 0.25) is 0 Å². The summed E-state index contributed by atoms with van der Waals surface area (Å²) < 4.78 is 69.8. The van der Waals surface area contributed by atoms with Crippen LogP contribution in [0.1, 0.15) is 0 Å². The van der Waals surface area contributed by atoms with Gasteiger partial charge in [-0.15, -0.1) is 0 Å². The van der Waals surface area contributed by atoms with Crippen molar-refractivity contribution in [1.82, 2.24) is 0 Å². The maximum absolute atomic E-state index is 12.1. The van der Waals surface area contributed by atoms with Gasteiger partial charge in [0, 0.05) is 0 Å². The van der Waals surface area contributed by atoms with Crippen LogP contribution in [-0.4, -0.2) is 12.9 Å². The highest BCUT2D eigenvalue weighted by Gasteiger charge is 2.17. The van der Waals surface area contributed by atoms with Gasteiger partial charge in [0.1, 0.15) is 0 Å². The van der Waals surface area contributed by atoms with Gasteiger partial charge in [-0.2, -0.15) is 0 Å². The number of rotatable bonds is 3. The lowest BCUT2D eigenvalue weighted by atomic mass is 10.4. The van der Waals surface area contributed by atoms with Crippen molar-refractivity contribution in [3.63, 3.8) is 0 Å². The summed E-state index contributed by atoms with van der Waals surface area (Å²) in [5, 5.41) is -1.37. The highest BCUT2D eigenvalue weighted by Crippen LogP contribution is 2.22. The Morgan fingerprint density at radius 2 is 1.46 bits per heavy atom. The van der Waals surface area contributed by atoms with Gasteiger partial charge in [-0.3, -0.25) is 0 Å². The molecule has 0 saturated heterocycles. The molecule has 13 heavy (non-hydrogen) atoms. The van der Waals surface area contributed by atoms with E-state index in [1.165, 1.54) is 0 Å². The van der Waals surface area contributed by atoms with E-state index in [0.717, 1.165) is 0 Å². The Balaban J connectivity index is 4.71. The smallest absolute Gasteiger partial charge is 0.205 e. The average molecular weight is 225 g/mol. The second-order valence-corrected chi connectivity index (χ2v) is 2.23. The molecule has 0 aromatic rings. The van der Waals surface area contributed by atoms with Crippen molar-refractivity contribution < 1.29 is 26.3 Å². The summed E-state index contributed by atoms with van der Waals surface area (Å²) in [5.74, 6) is -4.21. The molecule has 0 heterocycles. The summed E-state index contributed by atoms with van der Waals surface area (Å²) in [6.07, 6.45) is -7.23. The van der Waals surface area contributed by atoms with Crippen LogP contribution in [0.5, 0.6) is 0 Å². The van der Waals surface area contributed by atoms with Crippen LogP contribution in [0, 0.1) is 0 Å². The minimum Gasteiger partial charge on any atom is -0.205 e. The van der Waals surface area contributed by atoms with Crippen LogP contribution in [-0.2, 0) is 0 Å². The molecule has 0 bridgehead atoms. The van der Waals surface area contributed by atoms with Crippen LogP contribution < -0.4 is 0 Å². The van der Waals surface area contributed by atoms with Gasteiger partial charge in [-0.05, 0) is 6.08 Å². The van der Waals surface area contributed by atoms with Crippen LogP contribution in [0.25, 0.3) is 0 Å². The number of hydrogen-bond donors (Lipinski definition) is 0. The Bertz CT molecular complexity index is 231. The normalized spacial score (nSPS) is 15.3. The van der Waals surface area contributed by atoms with Crippen LogP contribution in [0.4, 0.5) is 26.3 Å². The second kappa shape index (κ2) is 5.16. The first-order chi connectivity index (χ1) is 5.86. The first kappa shape index (κ1) is 12.3. The molecular formula is C6H3ClF6. The van der Waals surface area contributed by atoms with E-state index in [1.54, 1.807) is 0 Å². The van der Waals surface area contributed by atoms with Crippen molar-refractivity contribution in [2.75, 3.05) is 0 Å². The van der Waals surface area contributed by atoms with Crippen molar-refractivity contribution in [2.24, 2.45) is 0 Å². The zero-order chi connectivity index (χ0) is 10.6. The molecule has 0 spiro atoms. The van der Waals surface area contributed by atoms with Gasteiger partial charge in [0.2, 0.25) is 0 Å². The fourth-order valence-corrected chi connectivity index (χ4v) is 0.544. The molecule has 0 fully saturated rings. The van der Waals surface area contributed by atoms with E-state index in [2.05, 4.69) is 0 Å². The minimum atomic E-state index is -3.55. The topological polar surface area (TPSA) is 0 Å². The second-order valence-electron chi connectivity index (χ2n) is 1.83. The Morgan fingerprint density at radius 1 is 1.00 bits per heavy atom. The first-order valence-corrected chi connectivity index (χ1v) is 3.22. The lowest BCUT2D eigenvalue weighted by Crippen LogP contribution is -1.94. The molecule has 0 aromatic carbocycles. The van der Waals surface area contributed by atoms with E-state index >= 15 is 0 Å². The molecule has 0 aromatic heterocycles. The minimum absolute atomic E-state index is 0.187. The van der Waals surface area contributed by atoms with Gasteiger partial charge in [-0.1, -0.05) is 11.6 Å². The molecule has 0 saturated carbocycles. The Labute approximate surface area is 74.5 Å². The molecule has 76 valence electrons. The van der Waals surface area contributed by atoms with Gasteiger partial charge in [0.15, 0.2) is 11.7 Å². The van der Waals surface area contributed by atoms with Crippen LogP contribution in [0.15, 0.2) is 22.8 Å². The van der Waals surface area contributed by atoms with Crippen molar-refractivity contribution in [3.8, 4) is 0 Å². The van der Waals surface area contributed by atoms with E-state index in [1.807, 2.05) is 0 Å². The van der Waals surface area contributed by atoms with Gasteiger partial charge in [0.25, 0.3) is 12.9 Å². The summed E-state index contributed by atoms with van der Waals surface area (Å²) in [7, 11) is 0. The van der Waals surface area contributed by atoms with Crippen molar-refractivity contribution in [2.45, 2.75) is 12.9 Å².